The van der Waals surface area contributed by atoms with Gasteiger partial charge in [-0.15, -0.1) is 0 Å². The van der Waals surface area contributed by atoms with E-state index in [1.807, 2.05) is 0 Å². The van der Waals surface area contributed by atoms with Gasteiger partial charge in [-0.1, -0.05) is 0 Å². The SMILES string of the molecule is CN(C)C(=O)Oc1cc(-c2ccc(F)nc2)c2c(C#N)cnn2c1. The molecule has 0 saturated heterocycles. The number of ether oxygens (including phenoxy) is 1. The summed E-state index contributed by atoms with van der Waals surface area (Å²) in [7, 11) is 3.13. The zero-order valence-electron chi connectivity index (χ0n) is 12.9. The van der Waals surface area contributed by atoms with Crippen LogP contribution in [0.5, 0.6) is 5.75 Å². The molecule has 0 radical (unpaired) electrons. The van der Waals surface area contributed by atoms with Crippen molar-refractivity contribution in [2.75, 3.05) is 14.1 Å². The lowest BCUT2D eigenvalue weighted by Gasteiger charge is -2.12. The number of hydrogen-bond donors (Lipinski definition) is 0. The number of amides is 1. The maximum absolute atomic E-state index is 13.1. The molecule has 0 aliphatic heterocycles. The minimum atomic E-state index is -0.612. The Labute approximate surface area is 136 Å². The number of fused-ring (bicyclic) bond motifs is 1. The van der Waals surface area contributed by atoms with Gasteiger partial charge in [-0.25, -0.2) is 14.3 Å². The minimum absolute atomic E-state index is 0.244. The molecule has 0 saturated carbocycles. The number of halogens is 1. The largest absolute Gasteiger partial charge is 0.414 e. The minimum Gasteiger partial charge on any atom is -0.409 e. The third kappa shape index (κ3) is 2.75. The van der Waals surface area contributed by atoms with Gasteiger partial charge in [0, 0.05) is 31.4 Å². The summed E-state index contributed by atoms with van der Waals surface area (Å²) in [6.45, 7) is 0. The summed E-state index contributed by atoms with van der Waals surface area (Å²) in [4.78, 5) is 16.7. The van der Waals surface area contributed by atoms with Crippen LogP contribution < -0.4 is 4.74 Å². The molecule has 120 valence electrons. The predicted molar refractivity (Wildman–Crippen MR) is 82.8 cm³/mol. The smallest absolute Gasteiger partial charge is 0.409 e. The second-order valence-corrected chi connectivity index (χ2v) is 5.18. The number of aromatic nitrogens is 3. The first-order valence-electron chi connectivity index (χ1n) is 6.92. The summed E-state index contributed by atoms with van der Waals surface area (Å²) in [5.41, 5.74) is 2.00. The fourth-order valence-corrected chi connectivity index (χ4v) is 2.18. The first-order valence-corrected chi connectivity index (χ1v) is 6.92. The highest BCUT2D eigenvalue weighted by molar-refractivity contribution is 5.85. The molecular formula is C16H12FN5O2. The number of nitriles is 1. The maximum Gasteiger partial charge on any atom is 0.414 e. The molecule has 24 heavy (non-hydrogen) atoms. The Morgan fingerprint density at radius 3 is 2.79 bits per heavy atom. The van der Waals surface area contributed by atoms with Gasteiger partial charge in [-0.3, -0.25) is 0 Å². The normalized spacial score (nSPS) is 10.4. The van der Waals surface area contributed by atoms with Crippen LogP contribution in [-0.2, 0) is 0 Å². The van der Waals surface area contributed by atoms with Gasteiger partial charge in [0.2, 0.25) is 5.95 Å². The third-order valence-corrected chi connectivity index (χ3v) is 3.32. The highest BCUT2D eigenvalue weighted by atomic mass is 19.1. The lowest BCUT2D eigenvalue weighted by molar-refractivity contribution is 0.171. The van der Waals surface area contributed by atoms with Crippen molar-refractivity contribution in [2.45, 2.75) is 0 Å². The molecule has 3 heterocycles. The van der Waals surface area contributed by atoms with Crippen LogP contribution in [0.3, 0.4) is 0 Å². The summed E-state index contributed by atoms with van der Waals surface area (Å²) in [6, 6.07) is 6.39. The second kappa shape index (κ2) is 5.96. The average Bonchev–Trinajstić information content (AvgIpc) is 2.97. The van der Waals surface area contributed by atoms with Crippen LogP contribution in [0.4, 0.5) is 9.18 Å². The highest BCUT2D eigenvalue weighted by Crippen LogP contribution is 2.30. The molecule has 0 aliphatic rings. The Morgan fingerprint density at radius 1 is 1.38 bits per heavy atom. The van der Waals surface area contributed by atoms with Crippen LogP contribution in [0.15, 0.2) is 36.8 Å². The molecule has 0 aliphatic carbocycles. The number of rotatable bonds is 2. The molecule has 0 atom stereocenters. The monoisotopic (exact) mass is 325 g/mol. The van der Waals surface area contributed by atoms with Crippen molar-refractivity contribution >= 4 is 11.6 Å². The Bertz CT molecular complexity index is 957. The van der Waals surface area contributed by atoms with E-state index in [9.17, 15) is 14.4 Å². The summed E-state index contributed by atoms with van der Waals surface area (Å²) < 4.78 is 19.8. The highest BCUT2D eigenvalue weighted by Gasteiger charge is 2.16. The van der Waals surface area contributed by atoms with Crippen LogP contribution in [0.25, 0.3) is 16.6 Å². The first kappa shape index (κ1) is 15.4. The quantitative estimate of drug-likeness (QED) is 0.676. The molecule has 0 fully saturated rings. The summed E-state index contributed by atoms with van der Waals surface area (Å²) in [5.74, 6) is -0.368. The molecule has 0 bridgehead atoms. The van der Waals surface area contributed by atoms with E-state index in [4.69, 9.17) is 4.74 Å². The lowest BCUT2D eigenvalue weighted by atomic mass is 10.1. The third-order valence-electron chi connectivity index (χ3n) is 3.32. The fraction of sp³-hybridized carbons (Fsp3) is 0.125. The molecule has 3 aromatic heterocycles. The Hall–Kier alpha value is -3.47. The molecule has 0 unspecified atom stereocenters. The van der Waals surface area contributed by atoms with Gasteiger partial charge in [-0.05, 0) is 18.2 Å². The van der Waals surface area contributed by atoms with E-state index in [0.717, 1.165) is 0 Å². The topological polar surface area (TPSA) is 83.5 Å². The zero-order valence-corrected chi connectivity index (χ0v) is 12.9. The number of carbonyl (C=O) groups excluding carboxylic acids is 1. The van der Waals surface area contributed by atoms with Gasteiger partial charge in [0.25, 0.3) is 0 Å². The molecule has 8 heteroatoms. The molecule has 0 N–H and O–H groups in total. The summed E-state index contributed by atoms with van der Waals surface area (Å²) >= 11 is 0. The van der Waals surface area contributed by atoms with Crippen molar-refractivity contribution in [3.05, 3.63) is 48.3 Å². The number of pyridine rings is 2. The first-order chi connectivity index (χ1) is 11.5. The number of nitrogens with zero attached hydrogens (tertiary/aromatic N) is 5. The van der Waals surface area contributed by atoms with Gasteiger partial charge < -0.3 is 9.64 Å². The molecule has 1 amide bonds. The molecule has 7 nitrogen and oxygen atoms in total. The van der Waals surface area contributed by atoms with E-state index in [-0.39, 0.29) is 5.75 Å². The van der Waals surface area contributed by atoms with Gasteiger partial charge in [0.05, 0.1) is 23.5 Å². The van der Waals surface area contributed by atoms with E-state index in [0.29, 0.717) is 22.2 Å². The van der Waals surface area contributed by atoms with E-state index in [2.05, 4.69) is 16.2 Å². The second-order valence-electron chi connectivity index (χ2n) is 5.18. The van der Waals surface area contributed by atoms with Crippen molar-refractivity contribution < 1.29 is 13.9 Å². The van der Waals surface area contributed by atoms with Crippen LogP contribution in [0, 0.1) is 17.3 Å². The van der Waals surface area contributed by atoms with E-state index in [1.165, 1.54) is 40.1 Å². The Kier molecular flexibility index (Phi) is 3.83. The van der Waals surface area contributed by atoms with Gasteiger partial charge in [0.1, 0.15) is 6.07 Å². The number of hydrogen-bond acceptors (Lipinski definition) is 5. The van der Waals surface area contributed by atoms with Crippen molar-refractivity contribution in [2.24, 2.45) is 0 Å². The van der Waals surface area contributed by atoms with E-state index >= 15 is 0 Å². The van der Waals surface area contributed by atoms with Crippen molar-refractivity contribution in [1.82, 2.24) is 19.5 Å². The molecule has 3 rings (SSSR count). The van der Waals surface area contributed by atoms with Crippen LogP contribution in [-0.4, -0.2) is 39.7 Å². The molecule has 0 aromatic carbocycles. The van der Waals surface area contributed by atoms with Crippen LogP contribution in [0.1, 0.15) is 5.56 Å². The van der Waals surface area contributed by atoms with E-state index < -0.39 is 12.0 Å². The van der Waals surface area contributed by atoms with Crippen molar-refractivity contribution in [1.29, 1.82) is 5.26 Å². The predicted octanol–water partition coefficient (Wildman–Crippen LogP) is 2.47. The van der Waals surface area contributed by atoms with Gasteiger partial charge in [0.15, 0.2) is 5.75 Å². The average molecular weight is 325 g/mol. The fourth-order valence-electron chi connectivity index (χ4n) is 2.18. The van der Waals surface area contributed by atoms with Crippen molar-refractivity contribution in [3.8, 4) is 22.9 Å². The van der Waals surface area contributed by atoms with Gasteiger partial charge >= 0.3 is 6.09 Å². The zero-order chi connectivity index (χ0) is 17.3. The Balaban J connectivity index is 2.20. The van der Waals surface area contributed by atoms with Crippen LogP contribution >= 0.6 is 0 Å². The lowest BCUT2D eigenvalue weighted by Crippen LogP contribution is -2.25. The summed E-state index contributed by atoms with van der Waals surface area (Å²) in [5, 5.41) is 13.4. The standard InChI is InChI=1S/C16H12FN5O2/c1-21(2)16(23)24-12-5-13(10-3-4-14(17)19-7-10)15-11(6-18)8-20-22(15)9-12/h3-5,7-9H,1-2H3. The van der Waals surface area contributed by atoms with Crippen molar-refractivity contribution in [3.63, 3.8) is 0 Å². The van der Waals surface area contributed by atoms with Gasteiger partial charge in [-0.2, -0.15) is 14.8 Å². The molecule has 0 spiro atoms. The molecule has 3 aromatic rings. The van der Waals surface area contributed by atoms with E-state index in [1.54, 1.807) is 20.2 Å². The maximum atomic E-state index is 13.1. The summed E-state index contributed by atoms with van der Waals surface area (Å²) in [6.07, 6.45) is 3.70. The molecular weight excluding hydrogens is 313 g/mol. The Morgan fingerprint density at radius 2 is 2.17 bits per heavy atom. The number of carbonyl (C=O) groups is 1. The van der Waals surface area contributed by atoms with Crippen LogP contribution in [0.2, 0.25) is 0 Å².